The lowest BCUT2D eigenvalue weighted by Crippen LogP contribution is -2.33. The Kier molecular flexibility index (Phi) is 7.11. The smallest absolute Gasteiger partial charge is 0.278 e. The lowest BCUT2D eigenvalue weighted by Gasteiger charge is -2.18. The molecule has 1 aromatic heterocycles. The molecule has 156 valence electrons. The Hall–Kier alpha value is -1.73. The quantitative estimate of drug-likeness (QED) is 0.317. The van der Waals surface area contributed by atoms with Gasteiger partial charge in [-0.1, -0.05) is 11.6 Å². The maximum atomic E-state index is 14.3. The number of aliphatic hydroxyl groups is 2. The number of carbonyl (C=O) groups is 1. The van der Waals surface area contributed by atoms with Gasteiger partial charge in [-0.05, 0) is 53.6 Å². The molecule has 29 heavy (non-hydrogen) atoms. The van der Waals surface area contributed by atoms with E-state index in [1.807, 2.05) is 22.6 Å². The number of halogens is 3. The number of amides is 1. The van der Waals surface area contributed by atoms with Crippen LogP contribution in [0.4, 0.5) is 15.8 Å². The molecule has 3 rings (SSSR count). The molecule has 0 saturated heterocycles. The zero-order valence-electron chi connectivity index (χ0n) is 15.0. The lowest BCUT2D eigenvalue weighted by atomic mass is 10.1. The van der Waals surface area contributed by atoms with Gasteiger partial charge in [-0.15, -0.1) is 0 Å². The van der Waals surface area contributed by atoms with Crippen molar-refractivity contribution in [1.82, 2.24) is 10.0 Å². The van der Waals surface area contributed by atoms with Crippen molar-refractivity contribution >= 4 is 51.5 Å². The van der Waals surface area contributed by atoms with E-state index in [9.17, 15) is 19.1 Å². The molecule has 1 aliphatic heterocycles. The van der Waals surface area contributed by atoms with Gasteiger partial charge in [0, 0.05) is 15.8 Å². The summed E-state index contributed by atoms with van der Waals surface area (Å²) in [5.41, 5.74) is 2.25. The fourth-order valence-electron chi connectivity index (χ4n) is 3.03. The highest BCUT2D eigenvalue weighted by Gasteiger charge is 2.28. The van der Waals surface area contributed by atoms with E-state index in [1.165, 1.54) is 16.7 Å². The van der Waals surface area contributed by atoms with E-state index >= 15 is 0 Å². The van der Waals surface area contributed by atoms with Crippen LogP contribution in [0, 0.1) is 9.39 Å². The number of hydroxylamine groups is 1. The number of benzene rings is 1. The number of aliphatic hydroxyl groups excluding tert-OH is 2. The highest BCUT2D eigenvalue weighted by Crippen LogP contribution is 2.33. The largest absolute Gasteiger partial charge is 0.394 e. The number of nitrogens with one attached hydrogen (secondary N) is 2. The second-order valence-electron chi connectivity index (χ2n) is 6.40. The van der Waals surface area contributed by atoms with Gasteiger partial charge in [0.05, 0.1) is 23.5 Å². The van der Waals surface area contributed by atoms with E-state index in [4.69, 9.17) is 21.5 Å². The number of anilines is 2. The summed E-state index contributed by atoms with van der Waals surface area (Å²) in [6.07, 6.45) is -0.0586. The Labute approximate surface area is 183 Å². The minimum absolute atomic E-state index is 0.0197. The van der Waals surface area contributed by atoms with Gasteiger partial charge in [0.1, 0.15) is 23.6 Å². The van der Waals surface area contributed by atoms with E-state index in [1.54, 1.807) is 6.07 Å². The van der Waals surface area contributed by atoms with E-state index < -0.39 is 30.0 Å². The van der Waals surface area contributed by atoms with Crippen molar-refractivity contribution in [2.24, 2.45) is 0 Å². The van der Waals surface area contributed by atoms with Gasteiger partial charge in [0.2, 0.25) is 0 Å². The van der Waals surface area contributed by atoms with Crippen molar-refractivity contribution in [3.63, 3.8) is 0 Å². The molecule has 1 amide bonds. The minimum atomic E-state index is -1.17. The molecule has 1 aliphatic rings. The summed E-state index contributed by atoms with van der Waals surface area (Å²) in [5.74, 6) is -1.28. The molecular weight excluding hydrogens is 520 g/mol. The number of carbonyl (C=O) groups excluding carboxylic acids is 1. The molecule has 8 nitrogen and oxygen atoms in total. The average Bonchev–Trinajstić information content (AvgIpc) is 3.17. The number of pyridine rings is 1. The predicted octanol–water partition coefficient (Wildman–Crippen LogP) is 1.95. The van der Waals surface area contributed by atoms with Crippen LogP contribution in [0.1, 0.15) is 22.5 Å². The highest BCUT2D eigenvalue weighted by molar-refractivity contribution is 14.1. The van der Waals surface area contributed by atoms with Crippen molar-refractivity contribution < 1.29 is 24.2 Å². The standard InChI is InChI=1S/C18H18ClFIN3O5/c19-15-16(22-12-4-3-9(21)6-11(12)20)14(13-2-1-5-24(13)18(15)28)17(27)23-29-8-10(26)7-25/h3-4,6,10,22,25-26H,1-2,5,7-8H2,(H,23,27)/t10-/m1/s1. The van der Waals surface area contributed by atoms with Crippen LogP contribution in [0.2, 0.25) is 5.02 Å². The molecule has 0 spiro atoms. The number of aromatic nitrogens is 1. The Morgan fingerprint density at radius 1 is 1.45 bits per heavy atom. The monoisotopic (exact) mass is 537 g/mol. The molecule has 0 unspecified atom stereocenters. The Morgan fingerprint density at radius 3 is 2.90 bits per heavy atom. The summed E-state index contributed by atoms with van der Waals surface area (Å²) in [6.45, 7) is -0.452. The number of hydrogen-bond donors (Lipinski definition) is 4. The highest BCUT2D eigenvalue weighted by atomic mass is 127. The molecule has 2 aromatic rings. The molecule has 0 bridgehead atoms. The summed E-state index contributed by atoms with van der Waals surface area (Å²) < 4.78 is 16.4. The zero-order chi connectivity index (χ0) is 21.1. The van der Waals surface area contributed by atoms with Gasteiger partial charge in [0.25, 0.3) is 11.5 Å². The number of fused-ring (bicyclic) bond motifs is 1. The first-order valence-corrected chi connectivity index (χ1v) is 10.2. The Bertz CT molecular complexity index is 1000. The molecule has 0 aliphatic carbocycles. The first kappa shape index (κ1) is 22.0. The van der Waals surface area contributed by atoms with Crippen molar-refractivity contribution in [2.75, 3.05) is 18.5 Å². The predicted molar refractivity (Wildman–Crippen MR) is 113 cm³/mol. The summed E-state index contributed by atoms with van der Waals surface area (Å²) in [6, 6.07) is 4.45. The second kappa shape index (κ2) is 9.39. The van der Waals surface area contributed by atoms with Gasteiger partial charge >= 0.3 is 0 Å². The third-order valence-corrected chi connectivity index (χ3v) is 5.40. The summed E-state index contributed by atoms with van der Waals surface area (Å²) in [4.78, 5) is 30.3. The third-order valence-electron chi connectivity index (χ3n) is 4.38. The maximum absolute atomic E-state index is 14.3. The van der Waals surface area contributed by atoms with Gasteiger partial charge in [-0.25, -0.2) is 9.87 Å². The number of nitrogens with zero attached hydrogens (tertiary/aromatic N) is 1. The Balaban J connectivity index is 2.01. The summed E-state index contributed by atoms with van der Waals surface area (Å²) in [5, 5.41) is 20.7. The first-order chi connectivity index (χ1) is 13.8. The minimum Gasteiger partial charge on any atom is -0.394 e. The first-order valence-electron chi connectivity index (χ1n) is 8.71. The van der Waals surface area contributed by atoms with Crippen LogP contribution >= 0.6 is 34.2 Å². The fraction of sp³-hybridized carbons (Fsp3) is 0.333. The van der Waals surface area contributed by atoms with Crippen LogP contribution in [0.15, 0.2) is 23.0 Å². The van der Waals surface area contributed by atoms with Crippen LogP contribution < -0.4 is 16.4 Å². The van der Waals surface area contributed by atoms with Crippen LogP contribution in [0.5, 0.6) is 0 Å². The molecule has 2 heterocycles. The molecule has 0 radical (unpaired) electrons. The lowest BCUT2D eigenvalue weighted by molar-refractivity contribution is -0.0295. The fourth-order valence-corrected chi connectivity index (χ4v) is 3.73. The molecule has 11 heteroatoms. The van der Waals surface area contributed by atoms with E-state index in [0.29, 0.717) is 28.7 Å². The average molecular weight is 538 g/mol. The van der Waals surface area contributed by atoms with Crippen LogP contribution in [-0.2, 0) is 17.8 Å². The topological polar surface area (TPSA) is 113 Å². The van der Waals surface area contributed by atoms with Crippen LogP contribution in [0.3, 0.4) is 0 Å². The van der Waals surface area contributed by atoms with Crippen LogP contribution in [-0.4, -0.2) is 40.0 Å². The summed E-state index contributed by atoms with van der Waals surface area (Å²) >= 11 is 8.22. The third kappa shape index (κ3) is 4.72. The molecule has 1 aromatic carbocycles. The number of hydrogen-bond acceptors (Lipinski definition) is 6. The number of rotatable bonds is 7. The van der Waals surface area contributed by atoms with E-state index in [0.717, 1.165) is 0 Å². The maximum Gasteiger partial charge on any atom is 0.278 e. The molecular formula is C18H18ClFIN3O5. The summed E-state index contributed by atoms with van der Waals surface area (Å²) in [7, 11) is 0. The normalized spacial score (nSPS) is 13.8. The van der Waals surface area contributed by atoms with E-state index in [-0.39, 0.29) is 28.6 Å². The van der Waals surface area contributed by atoms with Crippen molar-refractivity contribution in [3.05, 3.63) is 54.2 Å². The van der Waals surface area contributed by atoms with Gasteiger partial charge in [-0.3, -0.25) is 14.4 Å². The van der Waals surface area contributed by atoms with Gasteiger partial charge in [0.15, 0.2) is 0 Å². The second-order valence-corrected chi connectivity index (χ2v) is 8.02. The van der Waals surface area contributed by atoms with Gasteiger partial charge in [-0.2, -0.15) is 0 Å². The van der Waals surface area contributed by atoms with Crippen molar-refractivity contribution in [2.45, 2.75) is 25.5 Å². The molecule has 0 fully saturated rings. The van der Waals surface area contributed by atoms with Crippen molar-refractivity contribution in [3.8, 4) is 0 Å². The van der Waals surface area contributed by atoms with E-state index in [2.05, 4.69) is 10.8 Å². The Morgan fingerprint density at radius 2 is 2.21 bits per heavy atom. The molecule has 4 N–H and O–H groups in total. The van der Waals surface area contributed by atoms with Crippen molar-refractivity contribution in [1.29, 1.82) is 0 Å². The molecule has 1 atom stereocenters. The van der Waals surface area contributed by atoms with Crippen LogP contribution in [0.25, 0.3) is 0 Å². The SMILES string of the molecule is O=C(NOC[C@H](O)CO)c1c(Nc2ccc(I)cc2F)c(Cl)c(=O)n2c1CCC2. The molecule has 0 saturated carbocycles. The zero-order valence-corrected chi connectivity index (χ0v) is 18.0. The van der Waals surface area contributed by atoms with Gasteiger partial charge < -0.3 is 20.1 Å².